The van der Waals surface area contributed by atoms with Gasteiger partial charge in [-0.3, -0.25) is 28.5 Å². The van der Waals surface area contributed by atoms with Crippen molar-refractivity contribution >= 4 is 37.1 Å². The highest BCUT2D eigenvalue weighted by Crippen LogP contribution is 2.35. The molecule has 52 heavy (non-hydrogen) atoms. The molecule has 1 aromatic heterocycles. The SMILES string of the molecule is CC(=O)N[C@@H](Cc1ccc(OCP(=O)(O)O)cc1)C(=O)N[C@H]1CCCC2CC[C@@H](C(=O)N[C@@H](Cc3cnc[nH]3)C(=O)NCc3ccccc3)N2C1=O. The van der Waals surface area contributed by atoms with E-state index < -0.39 is 61.7 Å². The lowest BCUT2D eigenvalue weighted by molar-refractivity contribution is -0.143. The number of hydrogen-bond acceptors (Lipinski definition) is 8. The Hall–Kier alpha value is -5.05. The number of nitrogens with one attached hydrogen (secondary N) is 5. The Morgan fingerprint density at radius 3 is 2.35 bits per heavy atom. The van der Waals surface area contributed by atoms with E-state index in [1.807, 2.05) is 30.3 Å². The molecule has 0 aliphatic carbocycles. The van der Waals surface area contributed by atoms with Crippen LogP contribution in [0.4, 0.5) is 0 Å². The number of fused-ring (bicyclic) bond motifs is 1. The van der Waals surface area contributed by atoms with Crippen molar-refractivity contribution in [2.24, 2.45) is 0 Å². The van der Waals surface area contributed by atoms with Crippen LogP contribution in [0.2, 0.25) is 0 Å². The van der Waals surface area contributed by atoms with Crippen LogP contribution in [0.1, 0.15) is 55.8 Å². The Bertz CT molecular complexity index is 1750. The highest BCUT2D eigenvalue weighted by Gasteiger charge is 2.45. The van der Waals surface area contributed by atoms with Gasteiger partial charge in [0.2, 0.25) is 29.5 Å². The van der Waals surface area contributed by atoms with Gasteiger partial charge in [-0.05, 0) is 55.4 Å². The van der Waals surface area contributed by atoms with Crippen LogP contribution >= 0.6 is 7.60 Å². The average Bonchev–Trinajstić information content (AvgIpc) is 3.76. The number of nitrogens with zero attached hydrogens (tertiary/aromatic N) is 2. The number of carbonyl (C=O) groups excluding carboxylic acids is 5. The molecule has 0 saturated carbocycles. The summed E-state index contributed by atoms with van der Waals surface area (Å²) >= 11 is 0. The number of H-pyrrole nitrogens is 1. The minimum atomic E-state index is -4.37. The predicted octanol–water partition coefficient (Wildman–Crippen LogP) is 1.04. The molecule has 0 bridgehead atoms. The van der Waals surface area contributed by atoms with Crippen molar-refractivity contribution in [1.82, 2.24) is 36.1 Å². The van der Waals surface area contributed by atoms with Crippen LogP contribution in [0.3, 0.4) is 0 Å². The number of imidazole rings is 1. The highest BCUT2D eigenvalue weighted by molar-refractivity contribution is 7.51. The summed E-state index contributed by atoms with van der Waals surface area (Å²) in [5.74, 6) is -2.07. The Morgan fingerprint density at radius 1 is 0.942 bits per heavy atom. The van der Waals surface area contributed by atoms with Crippen molar-refractivity contribution < 1.29 is 43.1 Å². The first-order chi connectivity index (χ1) is 24.9. The van der Waals surface area contributed by atoms with E-state index in [4.69, 9.17) is 14.5 Å². The molecule has 7 N–H and O–H groups in total. The zero-order valence-corrected chi connectivity index (χ0v) is 29.6. The number of benzene rings is 2. The first kappa shape index (κ1) is 38.2. The Kier molecular flexibility index (Phi) is 12.8. The fourth-order valence-corrected chi connectivity index (χ4v) is 6.91. The molecule has 2 fully saturated rings. The van der Waals surface area contributed by atoms with Crippen LogP contribution in [0.5, 0.6) is 5.75 Å². The largest absolute Gasteiger partial charge is 0.481 e. The molecule has 16 nitrogen and oxygen atoms in total. The molecule has 1 unspecified atom stereocenters. The molecule has 3 aromatic rings. The zero-order chi connectivity index (χ0) is 37.3. The summed E-state index contributed by atoms with van der Waals surface area (Å²) in [5.41, 5.74) is 2.17. The summed E-state index contributed by atoms with van der Waals surface area (Å²) in [6.45, 7) is 1.54. The molecule has 3 heterocycles. The second-order valence-electron chi connectivity index (χ2n) is 13.1. The van der Waals surface area contributed by atoms with E-state index in [9.17, 15) is 28.5 Å². The molecule has 5 rings (SSSR count). The molecule has 0 spiro atoms. The van der Waals surface area contributed by atoms with Gasteiger partial charge >= 0.3 is 7.60 Å². The molecule has 5 amide bonds. The monoisotopic (exact) mass is 737 g/mol. The lowest BCUT2D eigenvalue weighted by Crippen LogP contribution is -2.58. The number of aromatic nitrogens is 2. The Morgan fingerprint density at radius 2 is 1.67 bits per heavy atom. The van der Waals surface area contributed by atoms with Crippen molar-refractivity contribution in [1.29, 1.82) is 0 Å². The lowest BCUT2D eigenvalue weighted by Gasteiger charge is -2.32. The van der Waals surface area contributed by atoms with Crippen molar-refractivity contribution in [2.45, 2.75) is 88.6 Å². The third-order valence-electron chi connectivity index (χ3n) is 9.08. The smallest absolute Gasteiger partial charge is 0.362 e. The van der Waals surface area contributed by atoms with Crippen LogP contribution in [-0.2, 0) is 47.9 Å². The van der Waals surface area contributed by atoms with Crippen LogP contribution < -0.4 is 26.0 Å². The maximum atomic E-state index is 14.1. The molecule has 2 saturated heterocycles. The van der Waals surface area contributed by atoms with E-state index in [1.165, 1.54) is 25.4 Å². The van der Waals surface area contributed by atoms with Gasteiger partial charge in [-0.15, -0.1) is 0 Å². The van der Waals surface area contributed by atoms with E-state index in [0.29, 0.717) is 43.4 Å². The average molecular weight is 738 g/mol. The number of ether oxygens (including phenoxy) is 1. The number of carbonyl (C=O) groups is 5. The molecule has 2 aliphatic heterocycles. The van der Waals surface area contributed by atoms with Gasteiger partial charge < -0.3 is 45.7 Å². The van der Waals surface area contributed by atoms with Gasteiger partial charge in [-0.25, -0.2) is 4.98 Å². The van der Waals surface area contributed by atoms with E-state index in [-0.39, 0.29) is 37.1 Å². The molecular weight excluding hydrogens is 693 g/mol. The third kappa shape index (κ3) is 10.7. The summed E-state index contributed by atoms with van der Waals surface area (Å²) in [6, 6.07) is 11.6. The molecule has 278 valence electrons. The van der Waals surface area contributed by atoms with Crippen molar-refractivity contribution in [3.8, 4) is 5.75 Å². The van der Waals surface area contributed by atoms with Crippen molar-refractivity contribution in [3.05, 3.63) is 83.9 Å². The van der Waals surface area contributed by atoms with Gasteiger partial charge in [0.15, 0.2) is 6.35 Å². The highest BCUT2D eigenvalue weighted by atomic mass is 31.2. The minimum Gasteiger partial charge on any atom is -0.481 e. The van der Waals surface area contributed by atoms with Crippen LogP contribution in [0, 0.1) is 0 Å². The standard InChI is InChI=1S/C35H44N7O9P/c1-22(43)39-29(16-23-10-13-27(14-11-23)51-21-52(48,49)50)33(45)40-28-9-5-8-26-12-15-31(42(26)35(28)47)34(46)41-30(17-25-19-36-20-38-25)32(44)37-18-24-6-3-2-4-7-24/h2-4,6-7,10-11,13-14,19-20,26,28-31H,5,8-9,12,15-18,21H2,1H3,(H,36,38)(H,37,44)(H,39,43)(H,40,45)(H,41,46)(H2,48,49,50)/t26?,28-,29-,30-,31-/m0/s1. The van der Waals surface area contributed by atoms with Crippen LogP contribution in [-0.4, -0.2) is 90.7 Å². The number of aromatic amines is 1. The van der Waals surface area contributed by atoms with Crippen molar-refractivity contribution in [3.63, 3.8) is 0 Å². The number of rotatable bonds is 15. The summed E-state index contributed by atoms with van der Waals surface area (Å²) in [5, 5.41) is 11.2. The van der Waals surface area contributed by atoms with Gasteiger partial charge in [-0.2, -0.15) is 0 Å². The quantitative estimate of drug-likeness (QED) is 0.110. The van der Waals surface area contributed by atoms with Gasteiger partial charge in [0.1, 0.15) is 29.9 Å². The normalized spacial score (nSPS) is 19.8. The molecule has 2 aliphatic rings. The van der Waals surface area contributed by atoms with Gasteiger partial charge in [0, 0.05) is 44.2 Å². The molecule has 17 heteroatoms. The second kappa shape index (κ2) is 17.4. The summed E-state index contributed by atoms with van der Waals surface area (Å²) in [7, 11) is -4.37. The first-order valence-electron chi connectivity index (χ1n) is 17.1. The fourth-order valence-electron chi connectivity index (χ4n) is 6.60. The first-order valence-corrected chi connectivity index (χ1v) is 18.9. The van der Waals surface area contributed by atoms with Crippen LogP contribution in [0.15, 0.2) is 67.1 Å². The van der Waals surface area contributed by atoms with Gasteiger partial charge in [-0.1, -0.05) is 42.5 Å². The second-order valence-corrected chi connectivity index (χ2v) is 14.7. The number of amides is 5. The van der Waals surface area contributed by atoms with Gasteiger partial charge in [0.05, 0.1) is 6.33 Å². The summed E-state index contributed by atoms with van der Waals surface area (Å²) in [4.78, 5) is 93.6. The Balaban J connectivity index is 1.25. The van der Waals surface area contributed by atoms with E-state index in [0.717, 1.165) is 5.56 Å². The van der Waals surface area contributed by atoms with E-state index in [1.54, 1.807) is 23.2 Å². The third-order valence-corrected chi connectivity index (χ3v) is 9.55. The lowest BCUT2D eigenvalue weighted by atomic mass is 10.0. The van der Waals surface area contributed by atoms with E-state index in [2.05, 4.69) is 31.2 Å². The fraction of sp³-hybridized carbons (Fsp3) is 0.429. The van der Waals surface area contributed by atoms with Crippen molar-refractivity contribution in [2.75, 3.05) is 6.35 Å². The molecular formula is C35H44N7O9P. The molecule has 0 radical (unpaired) electrons. The molecule has 5 atom stereocenters. The number of hydrogen-bond donors (Lipinski definition) is 7. The van der Waals surface area contributed by atoms with E-state index >= 15 is 0 Å². The molecule has 2 aromatic carbocycles. The summed E-state index contributed by atoms with van der Waals surface area (Å²) < 4.78 is 16.2. The van der Waals surface area contributed by atoms with Crippen LogP contribution in [0.25, 0.3) is 0 Å². The van der Waals surface area contributed by atoms with Gasteiger partial charge in [0.25, 0.3) is 0 Å². The topological polar surface area (TPSA) is 232 Å². The minimum absolute atomic E-state index is 0.0620. The predicted molar refractivity (Wildman–Crippen MR) is 187 cm³/mol. The zero-order valence-electron chi connectivity index (χ0n) is 28.7. The Labute approximate surface area is 300 Å². The maximum absolute atomic E-state index is 14.1. The maximum Gasteiger partial charge on any atom is 0.362 e. The summed E-state index contributed by atoms with van der Waals surface area (Å²) in [6.07, 6.45) is 5.10.